The van der Waals surface area contributed by atoms with E-state index in [9.17, 15) is 4.79 Å². The first-order chi connectivity index (χ1) is 12.6. The molecule has 0 radical (unpaired) electrons. The Bertz CT molecular complexity index is 952. The lowest BCUT2D eigenvalue weighted by Crippen LogP contribution is -2.35. The summed E-state index contributed by atoms with van der Waals surface area (Å²) in [5.41, 5.74) is 2.55. The van der Waals surface area contributed by atoms with Crippen molar-refractivity contribution < 1.29 is 4.79 Å². The molecule has 0 bridgehead atoms. The number of nitrogens with zero attached hydrogens (tertiary/aromatic N) is 7. The van der Waals surface area contributed by atoms with Crippen molar-refractivity contribution in [3.8, 4) is 0 Å². The van der Waals surface area contributed by atoms with E-state index in [4.69, 9.17) is 0 Å². The van der Waals surface area contributed by atoms with Gasteiger partial charge in [-0.1, -0.05) is 0 Å². The van der Waals surface area contributed by atoms with Crippen LogP contribution in [0.3, 0.4) is 0 Å². The van der Waals surface area contributed by atoms with Gasteiger partial charge in [0.1, 0.15) is 12.1 Å². The maximum absolute atomic E-state index is 12.8. The van der Waals surface area contributed by atoms with Gasteiger partial charge < -0.3 is 9.80 Å². The van der Waals surface area contributed by atoms with E-state index >= 15 is 0 Å². The average Bonchev–Trinajstić information content (AvgIpc) is 2.96. The quantitative estimate of drug-likeness (QED) is 0.696. The van der Waals surface area contributed by atoms with E-state index in [0.29, 0.717) is 17.9 Å². The largest absolute Gasteiger partial charge is 0.355 e. The Morgan fingerprint density at radius 1 is 1.08 bits per heavy atom. The molecule has 1 fully saturated rings. The van der Waals surface area contributed by atoms with Gasteiger partial charge in [-0.3, -0.25) is 9.78 Å². The number of pyridine rings is 1. The number of carbonyl (C=O) groups is 1. The van der Waals surface area contributed by atoms with Crippen molar-refractivity contribution in [3.63, 3.8) is 0 Å². The highest BCUT2D eigenvalue weighted by molar-refractivity contribution is 5.94. The van der Waals surface area contributed by atoms with E-state index in [1.54, 1.807) is 16.9 Å². The van der Waals surface area contributed by atoms with Gasteiger partial charge in [-0.2, -0.15) is 14.6 Å². The maximum Gasteiger partial charge on any atom is 0.255 e. The molecule has 1 amide bonds. The predicted molar refractivity (Wildman–Crippen MR) is 97.2 cm³/mol. The number of aromatic nitrogens is 5. The molecule has 3 aromatic heterocycles. The Kier molecular flexibility index (Phi) is 4.24. The highest BCUT2D eigenvalue weighted by atomic mass is 16.2. The minimum Gasteiger partial charge on any atom is -0.355 e. The third-order valence-electron chi connectivity index (χ3n) is 4.59. The lowest BCUT2D eigenvalue weighted by molar-refractivity contribution is 0.0766. The Hall–Kier alpha value is -3.03. The molecule has 0 N–H and O–H groups in total. The number of carbonyl (C=O) groups excluding carboxylic acids is 1. The number of anilines is 1. The molecule has 1 saturated heterocycles. The molecule has 0 atom stereocenters. The predicted octanol–water partition coefficient (Wildman–Crippen LogP) is 1.49. The van der Waals surface area contributed by atoms with Gasteiger partial charge >= 0.3 is 0 Å². The fraction of sp³-hybridized carbons (Fsp3) is 0.389. The molecule has 0 aliphatic carbocycles. The van der Waals surface area contributed by atoms with Gasteiger partial charge in [-0.15, -0.1) is 0 Å². The van der Waals surface area contributed by atoms with Crippen LogP contribution in [0.25, 0.3) is 5.78 Å². The number of fused-ring (bicyclic) bond motifs is 1. The van der Waals surface area contributed by atoms with Gasteiger partial charge in [0.2, 0.25) is 0 Å². The van der Waals surface area contributed by atoms with Crippen LogP contribution in [0.4, 0.5) is 5.82 Å². The van der Waals surface area contributed by atoms with Crippen LogP contribution in [-0.4, -0.2) is 61.6 Å². The molecule has 4 heterocycles. The summed E-state index contributed by atoms with van der Waals surface area (Å²) in [6.45, 7) is 6.88. The van der Waals surface area contributed by atoms with Crippen LogP contribution in [0, 0.1) is 13.8 Å². The van der Waals surface area contributed by atoms with E-state index in [2.05, 4.69) is 25.0 Å². The normalized spacial score (nSPS) is 15.3. The van der Waals surface area contributed by atoms with Crippen LogP contribution in [0.1, 0.15) is 28.0 Å². The zero-order chi connectivity index (χ0) is 18.1. The molecular formula is C18H21N7O. The second kappa shape index (κ2) is 6.70. The molecule has 1 aliphatic rings. The topological polar surface area (TPSA) is 79.5 Å². The lowest BCUT2D eigenvalue weighted by Gasteiger charge is -2.24. The van der Waals surface area contributed by atoms with Gasteiger partial charge in [0.15, 0.2) is 0 Å². The summed E-state index contributed by atoms with van der Waals surface area (Å²) in [6.07, 6.45) is 5.81. The maximum atomic E-state index is 12.8. The van der Waals surface area contributed by atoms with Crippen molar-refractivity contribution >= 4 is 17.5 Å². The first-order valence-corrected chi connectivity index (χ1v) is 8.75. The Balaban J connectivity index is 1.55. The number of aryl methyl sites for hydroxylation is 2. The molecule has 3 aromatic rings. The zero-order valence-electron chi connectivity index (χ0n) is 15.0. The first kappa shape index (κ1) is 16.4. The van der Waals surface area contributed by atoms with E-state index < -0.39 is 0 Å². The van der Waals surface area contributed by atoms with Gasteiger partial charge in [0.25, 0.3) is 11.7 Å². The minimum absolute atomic E-state index is 0.0415. The number of hydrogen-bond acceptors (Lipinski definition) is 6. The fourth-order valence-corrected chi connectivity index (χ4v) is 3.34. The second-order valence-corrected chi connectivity index (χ2v) is 6.61. The highest BCUT2D eigenvalue weighted by Crippen LogP contribution is 2.19. The zero-order valence-corrected chi connectivity index (χ0v) is 15.0. The molecule has 0 spiro atoms. The van der Waals surface area contributed by atoms with Crippen LogP contribution < -0.4 is 4.90 Å². The Morgan fingerprint density at radius 2 is 1.96 bits per heavy atom. The molecule has 8 nitrogen and oxygen atoms in total. The van der Waals surface area contributed by atoms with Crippen molar-refractivity contribution in [3.05, 3.63) is 47.7 Å². The second-order valence-electron chi connectivity index (χ2n) is 6.61. The van der Waals surface area contributed by atoms with Gasteiger partial charge in [0, 0.05) is 50.3 Å². The lowest BCUT2D eigenvalue weighted by atomic mass is 10.2. The molecule has 0 aromatic carbocycles. The van der Waals surface area contributed by atoms with Crippen molar-refractivity contribution in [1.29, 1.82) is 0 Å². The summed E-state index contributed by atoms with van der Waals surface area (Å²) >= 11 is 0. The summed E-state index contributed by atoms with van der Waals surface area (Å²) in [7, 11) is 0. The fourth-order valence-electron chi connectivity index (χ4n) is 3.34. The molecule has 26 heavy (non-hydrogen) atoms. The van der Waals surface area contributed by atoms with Crippen molar-refractivity contribution in [2.75, 3.05) is 31.1 Å². The van der Waals surface area contributed by atoms with Crippen LogP contribution in [-0.2, 0) is 0 Å². The van der Waals surface area contributed by atoms with Crippen LogP contribution in [0.2, 0.25) is 0 Å². The average molecular weight is 351 g/mol. The van der Waals surface area contributed by atoms with Crippen LogP contribution in [0.15, 0.2) is 30.9 Å². The standard InChI is InChI=1S/C18H21N7O/c1-13-8-15(11-19-10-13)17(26)24-5-3-4-23(6-7-24)16-9-14(2)22-18-20-12-21-25(16)18/h8-12H,3-7H2,1-2H3. The van der Waals surface area contributed by atoms with Crippen LogP contribution >= 0.6 is 0 Å². The monoisotopic (exact) mass is 351 g/mol. The van der Waals surface area contributed by atoms with E-state index in [-0.39, 0.29) is 5.91 Å². The van der Waals surface area contributed by atoms with E-state index in [0.717, 1.165) is 43.1 Å². The number of rotatable bonds is 2. The van der Waals surface area contributed by atoms with Crippen molar-refractivity contribution in [2.45, 2.75) is 20.3 Å². The molecule has 0 saturated carbocycles. The molecule has 8 heteroatoms. The van der Waals surface area contributed by atoms with E-state index in [1.807, 2.05) is 30.9 Å². The minimum atomic E-state index is 0.0415. The van der Waals surface area contributed by atoms with Crippen LogP contribution in [0.5, 0.6) is 0 Å². The van der Waals surface area contributed by atoms with Crippen molar-refractivity contribution in [2.24, 2.45) is 0 Å². The summed E-state index contributed by atoms with van der Waals surface area (Å²) in [4.78, 5) is 29.7. The van der Waals surface area contributed by atoms with Gasteiger partial charge in [0.05, 0.1) is 5.56 Å². The van der Waals surface area contributed by atoms with Gasteiger partial charge in [-0.05, 0) is 31.9 Å². The molecular weight excluding hydrogens is 330 g/mol. The third kappa shape index (κ3) is 3.10. The molecule has 4 rings (SSSR count). The first-order valence-electron chi connectivity index (χ1n) is 8.75. The number of hydrogen-bond donors (Lipinski definition) is 0. The molecule has 1 aliphatic heterocycles. The van der Waals surface area contributed by atoms with Gasteiger partial charge in [-0.25, -0.2) is 4.98 Å². The summed E-state index contributed by atoms with van der Waals surface area (Å²) in [5, 5.41) is 4.29. The third-order valence-corrected chi connectivity index (χ3v) is 4.59. The smallest absolute Gasteiger partial charge is 0.255 e. The van der Waals surface area contributed by atoms with Crippen molar-refractivity contribution in [1.82, 2.24) is 29.5 Å². The SMILES string of the molecule is Cc1cncc(C(=O)N2CCCN(c3cc(C)nc4ncnn34)CC2)c1. The molecule has 134 valence electrons. The summed E-state index contributed by atoms with van der Waals surface area (Å²) in [6, 6.07) is 3.91. The highest BCUT2D eigenvalue weighted by Gasteiger charge is 2.22. The molecule has 0 unspecified atom stereocenters. The Morgan fingerprint density at radius 3 is 2.81 bits per heavy atom. The summed E-state index contributed by atoms with van der Waals surface area (Å²) in [5.74, 6) is 1.61. The Labute approximate surface area is 151 Å². The summed E-state index contributed by atoms with van der Waals surface area (Å²) < 4.78 is 1.76. The van der Waals surface area contributed by atoms with E-state index in [1.165, 1.54) is 6.33 Å². The number of amides is 1.